The van der Waals surface area contributed by atoms with E-state index in [9.17, 15) is 4.79 Å². The molecule has 0 saturated carbocycles. The van der Waals surface area contributed by atoms with Crippen LogP contribution in [0.1, 0.15) is 12.8 Å². The SMILES string of the molecule is O=C(CNCCN1CCCC1)Nc1c(Cl)cccc1Cl. The molecule has 6 heteroatoms. The summed E-state index contributed by atoms with van der Waals surface area (Å²) in [7, 11) is 0. The molecule has 0 radical (unpaired) electrons. The minimum absolute atomic E-state index is 0.138. The number of para-hydroxylation sites is 1. The van der Waals surface area contributed by atoms with Gasteiger partial charge in [-0.1, -0.05) is 29.3 Å². The van der Waals surface area contributed by atoms with Crippen LogP contribution >= 0.6 is 23.2 Å². The highest BCUT2D eigenvalue weighted by atomic mass is 35.5. The Bertz CT molecular complexity index is 441. The molecule has 0 unspecified atom stereocenters. The molecule has 4 nitrogen and oxygen atoms in total. The van der Waals surface area contributed by atoms with Gasteiger partial charge in [-0.05, 0) is 38.1 Å². The number of amides is 1. The van der Waals surface area contributed by atoms with Crippen LogP contribution in [0.15, 0.2) is 18.2 Å². The van der Waals surface area contributed by atoms with Gasteiger partial charge in [-0.25, -0.2) is 0 Å². The van der Waals surface area contributed by atoms with Crippen molar-refractivity contribution in [1.29, 1.82) is 0 Å². The van der Waals surface area contributed by atoms with Crippen molar-refractivity contribution in [2.24, 2.45) is 0 Å². The second-order valence-electron chi connectivity index (χ2n) is 4.87. The maximum Gasteiger partial charge on any atom is 0.238 e. The van der Waals surface area contributed by atoms with Crippen LogP contribution in [0.5, 0.6) is 0 Å². The molecule has 1 saturated heterocycles. The van der Waals surface area contributed by atoms with Crippen molar-refractivity contribution in [3.8, 4) is 0 Å². The molecule has 1 fully saturated rings. The zero-order valence-corrected chi connectivity index (χ0v) is 12.8. The fraction of sp³-hybridized carbons (Fsp3) is 0.500. The van der Waals surface area contributed by atoms with E-state index in [1.807, 2.05) is 0 Å². The number of anilines is 1. The van der Waals surface area contributed by atoms with Gasteiger partial charge in [-0.3, -0.25) is 4.79 Å². The first-order valence-electron chi connectivity index (χ1n) is 6.84. The number of halogens is 2. The second-order valence-corrected chi connectivity index (χ2v) is 5.68. The molecule has 20 heavy (non-hydrogen) atoms. The van der Waals surface area contributed by atoms with E-state index in [0.717, 1.165) is 13.1 Å². The van der Waals surface area contributed by atoms with E-state index in [1.54, 1.807) is 18.2 Å². The average molecular weight is 316 g/mol. The van der Waals surface area contributed by atoms with Gasteiger partial charge in [0.2, 0.25) is 5.91 Å². The molecule has 0 aromatic heterocycles. The Kier molecular flexibility index (Phi) is 6.10. The van der Waals surface area contributed by atoms with Gasteiger partial charge in [0.25, 0.3) is 0 Å². The molecule has 110 valence electrons. The Morgan fingerprint density at radius 2 is 1.85 bits per heavy atom. The Morgan fingerprint density at radius 1 is 1.20 bits per heavy atom. The lowest BCUT2D eigenvalue weighted by Gasteiger charge is -2.15. The van der Waals surface area contributed by atoms with Gasteiger partial charge in [-0.2, -0.15) is 0 Å². The van der Waals surface area contributed by atoms with E-state index in [-0.39, 0.29) is 12.5 Å². The molecule has 1 aromatic carbocycles. The summed E-state index contributed by atoms with van der Waals surface area (Å²) in [5.74, 6) is -0.138. The summed E-state index contributed by atoms with van der Waals surface area (Å²) in [5.41, 5.74) is 0.474. The third kappa shape index (κ3) is 4.63. The van der Waals surface area contributed by atoms with Crippen LogP contribution in [0, 0.1) is 0 Å². The molecule has 1 aliphatic rings. The van der Waals surface area contributed by atoms with Gasteiger partial charge in [-0.15, -0.1) is 0 Å². The molecule has 1 aliphatic heterocycles. The van der Waals surface area contributed by atoms with Crippen LogP contribution in [0.4, 0.5) is 5.69 Å². The van der Waals surface area contributed by atoms with Crippen LogP contribution < -0.4 is 10.6 Å². The summed E-state index contributed by atoms with van der Waals surface area (Å²) in [4.78, 5) is 14.2. The molecule has 0 atom stereocenters. The van der Waals surface area contributed by atoms with Crippen molar-refractivity contribution in [2.45, 2.75) is 12.8 Å². The molecule has 2 N–H and O–H groups in total. The maximum atomic E-state index is 11.8. The van der Waals surface area contributed by atoms with Gasteiger partial charge < -0.3 is 15.5 Å². The van der Waals surface area contributed by atoms with Crippen LogP contribution in [-0.2, 0) is 4.79 Å². The molecular formula is C14H19Cl2N3O. The molecular weight excluding hydrogens is 297 g/mol. The van der Waals surface area contributed by atoms with E-state index in [1.165, 1.54) is 25.9 Å². The maximum absolute atomic E-state index is 11.8. The van der Waals surface area contributed by atoms with Crippen molar-refractivity contribution in [2.75, 3.05) is 38.0 Å². The molecule has 1 amide bonds. The van der Waals surface area contributed by atoms with Gasteiger partial charge >= 0.3 is 0 Å². The van der Waals surface area contributed by atoms with Crippen LogP contribution in [-0.4, -0.2) is 43.5 Å². The topological polar surface area (TPSA) is 44.4 Å². The van der Waals surface area contributed by atoms with Crippen molar-refractivity contribution in [3.63, 3.8) is 0 Å². The second kappa shape index (κ2) is 7.84. The fourth-order valence-electron chi connectivity index (χ4n) is 2.25. The Hall–Kier alpha value is -0.810. The number of benzene rings is 1. The largest absolute Gasteiger partial charge is 0.322 e. The minimum Gasteiger partial charge on any atom is -0.322 e. The number of hydrogen-bond donors (Lipinski definition) is 2. The lowest BCUT2D eigenvalue weighted by atomic mass is 10.3. The Balaban J connectivity index is 1.69. The van der Waals surface area contributed by atoms with Crippen molar-refractivity contribution in [1.82, 2.24) is 10.2 Å². The smallest absolute Gasteiger partial charge is 0.238 e. The zero-order chi connectivity index (χ0) is 14.4. The highest BCUT2D eigenvalue weighted by Crippen LogP contribution is 2.29. The first kappa shape index (κ1) is 15.6. The Labute approximate surface area is 129 Å². The quantitative estimate of drug-likeness (QED) is 0.793. The first-order valence-corrected chi connectivity index (χ1v) is 7.59. The molecule has 0 spiro atoms. The third-order valence-corrected chi connectivity index (χ3v) is 3.95. The lowest BCUT2D eigenvalue weighted by Crippen LogP contribution is -2.34. The van der Waals surface area contributed by atoms with E-state index in [4.69, 9.17) is 23.2 Å². The normalized spacial score (nSPS) is 15.5. The van der Waals surface area contributed by atoms with Gasteiger partial charge in [0.15, 0.2) is 0 Å². The van der Waals surface area contributed by atoms with Crippen molar-refractivity contribution < 1.29 is 4.79 Å². The van der Waals surface area contributed by atoms with Gasteiger partial charge in [0.05, 0.1) is 22.3 Å². The summed E-state index contributed by atoms with van der Waals surface area (Å²) in [5, 5.41) is 6.75. The number of likely N-dealkylation sites (tertiary alicyclic amines) is 1. The zero-order valence-electron chi connectivity index (χ0n) is 11.3. The predicted molar refractivity (Wildman–Crippen MR) is 83.6 cm³/mol. The highest BCUT2D eigenvalue weighted by Gasteiger charge is 2.11. The van der Waals surface area contributed by atoms with Crippen molar-refractivity contribution in [3.05, 3.63) is 28.2 Å². The number of rotatable bonds is 6. The van der Waals surface area contributed by atoms with E-state index < -0.39 is 0 Å². The monoisotopic (exact) mass is 315 g/mol. The molecule has 1 heterocycles. The van der Waals surface area contributed by atoms with Crippen molar-refractivity contribution >= 4 is 34.8 Å². The number of nitrogens with one attached hydrogen (secondary N) is 2. The highest BCUT2D eigenvalue weighted by molar-refractivity contribution is 6.39. The predicted octanol–water partition coefficient (Wildman–Crippen LogP) is 2.62. The summed E-state index contributed by atoms with van der Waals surface area (Å²) >= 11 is 12.0. The third-order valence-electron chi connectivity index (χ3n) is 3.32. The van der Waals surface area contributed by atoms with E-state index in [2.05, 4.69) is 15.5 Å². The van der Waals surface area contributed by atoms with Crippen LogP contribution in [0.25, 0.3) is 0 Å². The average Bonchev–Trinajstić information content (AvgIpc) is 2.92. The Morgan fingerprint density at radius 3 is 2.50 bits per heavy atom. The molecule has 0 aliphatic carbocycles. The van der Waals surface area contributed by atoms with Gasteiger partial charge in [0.1, 0.15) is 0 Å². The number of carbonyl (C=O) groups is 1. The minimum atomic E-state index is -0.138. The van der Waals surface area contributed by atoms with E-state index in [0.29, 0.717) is 15.7 Å². The number of carbonyl (C=O) groups excluding carboxylic acids is 1. The molecule has 2 rings (SSSR count). The van der Waals surface area contributed by atoms with E-state index >= 15 is 0 Å². The first-order chi connectivity index (χ1) is 9.66. The summed E-state index contributed by atoms with van der Waals surface area (Å²) in [6.07, 6.45) is 2.57. The number of hydrogen-bond acceptors (Lipinski definition) is 3. The fourth-order valence-corrected chi connectivity index (χ4v) is 2.74. The number of nitrogens with zero attached hydrogens (tertiary/aromatic N) is 1. The molecule has 1 aromatic rings. The van der Waals surface area contributed by atoms with Gasteiger partial charge in [0, 0.05) is 13.1 Å². The van der Waals surface area contributed by atoms with Crippen LogP contribution in [0.3, 0.4) is 0 Å². The summed E-state index contributed by atoms with van der Waals surface area (Å²) in [6, 6.07) is 5.14. The van der Waals surface area contributed by atoms with Crippen LogP contribution in [0.2, 0.25) is 10.0 Å². The summed E-state index contributed by atoms with van der Waals surface area (Å²) < 4.78 is 0. The lowest BCUT2D eigenvalue weighted by molar-refractivity contribution is -0.115. The standard InChI is InChI=1S/C14H19Cl2N3O/c15-11-4-3-5-12(16)14(11)18-13(20)10-17-6-9-19-7-1-2-8-19/h3-5,17H,1-2,6-10H2,(H,18,20). The molecule has 0 bridgehead atoms. The summed E-state index contributed by atoms with van der Waals surface area (Å²) in [6.45, 7) is 4.39.